The number of rotatable bonds is 4. The van der Waals surface area contributed by atoms with Gasteiger partial charge in [0.15, 0.2) is 0 Å². The average molecular weight is 342 g/mol. The van der Waals surface area contributed by atoms with E-state index in [9.17, 15) is 9.59 Å². The van der Waals surface area contributed by atoms with Crippen LogP contribution < -0.4 is 16.0 Å². The minimum absolute atomic E-state index is 0.169. The Balaban J connectivity index is 1.98. The molecule has 1 N–H and O–H groups in total. The molecule has 0 saturated heterocycles. The van der Waals surface area contributed by atoms with E-state index in [-0.39, 0.29) is 17.8 Å². The standard InChI is InChI=1S/C16H14N4O3S/c1-2-23-12-6-4-3-5-10(12)9-19-14(21)13-11(7-8-24-13)20-15(19)17-18-16(20)22/h3-8H,2,9H2,1H3,(H,18,22). The van der Waals surface area contributed by atoms with Crippen molar-refractivity contribution >= 4 is 27.3 Å². The van der Waals surface area contributed by atoms with Crippen LogP contribution in [0.25, 0.3) is 16.0 Å². The van der Waals surface area contributed by atoms with E-state index in [1.165, 1.54) is 20.3 Å². The van der Waals surface area contributed by atoms with E-state index >= 15 is 0 Å². The van der Waals surface area contributed by atoms with Crippen LogP contribution >= 0.6 is 11.3 Å². The largest absolute Gasteiger partial charge is 0.494 e. The van der Waals surface area contributed by atoms with Gasteiger partial charge in [-0.05, 0) is 24.4 Å². The fourth-order valence-corrected chi connectivity index (χ4v) is 3.61. The van der Waals surface area contributed by atoms with E-state index in [1.54, 1.807) is 11.4 Å². The molecule has 0 bridgehead atoms. The summed E-state index contributed by atoms with van der Waals surface area (Å²) >= 11 is 1.31. The minimum atomic E-state index is -0.361. The molecule has 3 aromatic heterocycles. The number of benzene rings is 1. The number of hydrogen-bond donors (Lipinski definition) is 1. The maximum Gasteiger partial charge on any atom is 0.349 e. The fourth-order valence-electron chi connectivity index (χ4n) is 2.78. The fraction of sp³-hybridized carbons (Fsp3) is 0.188. The first kappa shape index (κ1) is 14.7. The Morgan fingerprint density at radius 1 is 1.25 bits per heavy atom. The Bertz CT molecular complexity index is 1150. The van der Waals surface area contributed by atoms with Gasteiger partial charge in [-0.2, -0.15) is 0 Å². The van der Waals surface area contributed by atoms with Crippen molar-refractivity contribution in [1.29, 1.82) is 0 Å². The quantitative estimate of drug-likeness (QED) is 0.614. The molecular formula is C16H14N4O3S. The summed E-state index contributed by atoms with van der Waals surface area (Å²) in [5, 5.41) is 8.25. The van der Waals surface area contributed by atoms with Gasteiger partial charge in [-0.15, -0.1) is 16.4 Å². The molecule has 0 fully saturated rings. The molecule has 0 aliphatic rings. The SMILES string of the molecule is CCOc1ccccc1Cn1c(=O)c2sccc2n2c(=O)[nH]nc12. The summed E-state index contributed by atoms with van der Waals surface area (Å²) in [5.41, 5.74) is 0.904. The Kier molecular flexibility index (Phi) is 3.46. The van der Waals surface area contributed by atoms with Gasteiger partial charge in [-0.3, -0.25) is 9.36 Å². The molecular weight excluding hydrogens is 328 g/mol. The van der Waals surface area contributed by atoms with Crippen molar-refractivity contribution in [3.8, 4) is 5.75 Å². The second kappa shape index (κ2) is 5.64. The first-order valence-corrected chi connectivity index (χ1v) is 8.36. The molecule has 0 amide bonds. The number of ether oxygens (including phenoxy) is 1. The summed E-state index contributed by atoms with van der Waals surface area (Å²) in [7, 11) is 0. The molecule has 122 valence electrons. The van der Waals surface area contributed by atoms with Gasteiger partial charge in [0.25, 0.3) is 5.56 Å². The van der Waals surface area contributed by atoms with Crippen molar-refractivity contribution in [3.05, 3.63) is 62.1 Å². The number of H-pyrrole nitrogens is 1. The van der Waals surface area contributed by atoms with E-state index in [2.05, 4.69) is 10.2 Å². The molecule has 1 aromatic carbocycles. The van der Waals surface area contributed by atoms with Crippen LogP contribution in [0.5, 0.6) is 5.75 Å². The third kappa shape index (κ3) is 2.15. The summed E-state index contributed by atoms with van der Waals surface area (Å²) < 4.78 is 9.08. The number of fused-ring (bicyclic) bond motifs is 3. The third-order valence-corrected chi connectivity index (χ3v) is 4.71. The Morgan fingerprint density at radius 3 is 2.92 bits per heavy atom. The van der Waals surface area contributed by atoms with Crippen molar-refractivity contribution < 1.29 is 4.74 Å². The van der Waals surface area contributed by atoms with Crippen LogP contribution in [0.3, 0.4) is 0 Å². The molecule has 0 aliphatic heterocycles. The van der Waals surface area contributed by atoms with Gasteiger partial charge in [-0.1, -0.05) is 18.2 Å². The summed E-state index contributed by atoms with van der Waals surface area (Å²) in [4.78, 5) is 24.9. The molecule has 0 saturated carbocycles. The van der Waals surface area contributed by atoms with Crippen LogP contribution in [0.1, 0.15) is 12.5 Å². The molecule has 0 aliphatic carbocycles. The molecule has 24 heavy (non-hydrogen) atoms. The predicted octanol–water partition coefficient (Wildman–Crippen LogP) is 1.85. The van der Waals surface area contributed by atoms with E-state index in [4.69, 9.17) is 4.74 Å². The van der Waals surface area contributed by atoms with Crippen molar-refractivity contribution in [2.75, 3.05) is 6.61 Å². The molecule has 0 unspecified atom stereocenters. The van der Waals surface area contributed by atoms with Gasteiger partial charge in [-0.25, -0.2) is 14.3 Å². The molecule has 3 heterocycles. The third-order valence-electron chi connectivity index (χ3n) is 3.82. The van der Waals surface area contributed by atoms with Gasteiger partial charge in [0.05, 0.1) is 18.7 Å². The van der Waals surface area contributed by atoms with Gasteiger partial charge in [0, 0.05) is 5.56 Å². The first-order valence-electron chi connectivity index (χ1n) is 7.48. The normalized spacial score (nSPS) is 11.4. The maximum absolute atomic E-state index is 12.8. The number of hydrogen-bond acceptors (Lipinski definition) is 5. The zero-order valence-corrected chi connectivity index (χ0v) is 13.7. The summed E-state index contributed by atoms with van der Waals surface area (Å²) in [6.45, 7) is 2.72. The molecule has 0 atom stereocenters. The van der Waals surface area contributed by atoms with Crippen LogP contribution in [-0.4, -0.2) is 25.8 Å². The van der Waals surface area contributed by atoms with Crippen molar-refractivity contribution in [3.63, 3.8) is 0 Å². The van der Waals surface area contributed by atoms with Crippen LogP contribution in [0, 0.1) is 0 Å². The first-order chi connectivity index (χ1) is 11.7. The highest BCUT2D eigenvalue weighted by atomic mass is 32.1. The van der Waals surface area contributed by atoms with E-state index < -0.39 is 0 Å². The van der Waals surface area contributed by atoms with Gasteiger partial charge in [0.2, 0.25) is 5.78 Å². The Morgan fingerprint density at radius 2 is 2.08 bits per heavy atom. The molecule has 4 rings (SSSR count). The van der Waals surface area contributed by atoms with E-state index in [0.29, 0.717) is 28.4 Å². The lowest BCUT2D eigenvalue weighted by atomic mass is 10.2. The van der Waals surface area contributed by atoms with Gasteiger partial charge < -0.3 is 4.74 Å². The van der Waals surface area contributed by atoms with Crippen LogP contribution in [-0.2, 0) is 6.54 Å². The summed E-state index contributed by atoms with van der Waals surface area (Å²) in [6, 6.07) is 9.29. The second-order valence-electron chi connectivity index (χ2n) is 5.23. The maximum atomic E-state index is 12.8. The lowest BCUT2D eigenvalue weighted by Crippen LogP contribution is -2.25. The number of aromatic nitrogens is 4. The van der Waals surface area contributed by atoms with Crippen molar-refractivity contribution in [1.82, 2.24) is 19.2 Å². The monoisotopic (exact) mass is 342 g/mol. The zero-order chi connectivity index (χ0) is 16.7. The van der Waals surface area contributed by atoms with E-state index in [1.807, 2.05) is 31.2 Å². The highest BCUT2D eigenvalue weighted by molar-refractivity contribution is 7.17. The van der Waals surface area contributed by atoms with Crippen LogP contribution in [0.2, 0.25) is 0 Å². The second-order valence-corrected chi connectivity index (χ2v) is 6.15. The minimum Gasteiger partial charge on any atom is -0.494 e. The van der Waals surface area contributed by atoms with Gasteiger partial charge >= 0.3 is 5.69 Å². The van der Waals surface area contributed by atoms with Crippen molar-refractivity contribution in [2.24, 2.45) is 0 Å². The van der Waals surface area contributed by atoms with Crippen molar-refractivity contribution in [2.45, 2.75) is 13.5 Å². The smallest absolute Gasteiger partial charge is 0.349 e. The lowest BCUT2D eigenvalue weighted by Gasteiger charge is -2.12. The lowest BCUT2D eigenvalue weighted by molar-refractivity contribution is 0.336. The highest BCUT2D eigenvalue weighted by Crippen LogP contribution is 2.21. The topological polar surface area (TPSA) is 81.4 Å². The molecule has 7 nitrogen and oxygen atoms in total. The van der Waals surface area contributed by atoms with Gasteiger partial charge in [0.1, 0.15) is 10.4 Å². The Hall–Kier alpha value is -2.87. The number of thiophene rings is 1. The van der Waals surface area contributed by atoms with Crippen LogP contribution in [0.4, 0.5) is 0 Å². The molecule has 0 radical (unpaired) electrons. The van der Waals surface area contributed by atoms with Crippen LogP contribution in [0.15, 0.2) is 45.3 Å². The average Bonchev–Trinajstić information content (AvgIpc) is 3.20. The number of nitrogens with one attached hydrogen (secondary N) is 1. The molecule has 4 aromatic rings. The summed E-state index contributed by atoms with van der Waals surface area (Å²) in [6.07, 6.45) is 0. The summed E-state index contributed by atoms with van der Waals surface area (Å²) in [5.74, 6) is 1.01. The predicted molar refractivity (Wildman–Crippen MR) is 92.2 cm³/mol. The molecule has 0 spiro atoms. The highest BCUT2D eigenvalue weighted by Gasteiger charge is 2.16. The number of nitrogens with zero attached hydrogens (tertiary/aromatic N) is 3. The van der Waals surface area contributed by atoms with E-state index in [0.717, 1.165) is 5.56 Å². The Labute approximate surface area is 139 Å². The zero-order valence-electron chi connectivity index (χ0n) is 12.9. The number of para-hydroxylation sites is 1. The number of aromatic amines is 1. The molecule has 8 heteroatoms.